The van der Waals surface area contributed by atoms with Crippen molar-refractivity contribution in [3.05, 3.63) is 25.3 Å². The fourth-order valence-electron chi connectivity index (χ4n) is 6.76. The third-order valence-corrected chi connectivity index (χ3v) is 10.6. The molecule has 9 nitrogen and oxygen atoms in total. The second-order valence-corrected chi connectivity index (χ2v) is 12.0. The molecule has 4 heterocycles. The number of likely N-dealkylation sites (tertiary alicyclic amines) is 1. The Balaban J connectivity index is 1.69. The van der Waals surface area contributed by atoms with E-state index in [0.29, 0.717) is 39.3 Å². The SMILES string of the molecule is C=CCOC(=O)[C@@H]1[C@H]2C(=O)N([C@@H](CC)CO)C(C(=O)N(CC=C)CCN3CCOCC3)C23S[C@@H]1CC3C. The second-order valence-electron chi connectivity index (χ2n) is 10.5. The standard InChI is InChI=1S/C27H41N3O6S/c1-5-8-29(10-9-28-11-14-35-15-12-28)25(33)23-27-18(4)16-20(37-27)21(26(34)36-13-6-2)22(27)24(32)30(23)19(7-3)17-31/h5-6,18-23,31H,1-2,7-17H2,3-4H3/t18?,19-,20+,21-,22-,23?,27?/m0/s1. The maximum absolute atomic E-state index is 14.4. The van der Waals surface area contributed by atoms with Gasteiger partial charge in [-0.2, -0.15) is 0 Å². The minimum Gasteiger partial charge on any atom is -0.461 e. The number of esters is 1. The molecule has 1 spiro atoms. The van der Waals surface area contributed by atoms with Crippen molar-refractivity contribution < 1.29 is 29.0 Å². The fourth-order valence-corrected chi connectivity index (χ4v) is 9.15. The van der Waals surface area contributed by atoms with E-state index in [1.807, 2.05) is 6.92 Å². The number of aliphatic hydroxyl groups excluding tert-OH is 1. The summed E-state index contributed by atoms with van der Waals surface area (Å²) in [6, 6.07) is -1.25. The Hall–Kier alpha value is -1.88. The minimum atomic E-state index is -0.756. The van der Waals surface area contributed by atoms with E-state index in [9.17, 15) is 19.5 Å². The van der Waals surface area contributed by atoms with Crippen LogP contribution in [0.1, 0.15) is 26.7 Å². The summed E-state index contributed by atoms with van der Waals surface area (Å²) in [5.74, 6) is -1.94. The van der Waals surface area contributed by atoms with Gasteiger partial charge in [0, 0.05) is 38.0 Å². The van der Waals surface area contributed by atoms with Gasteiger partial charge in [-0.25, -0.2) is 0 Å². The number of thioether (sulfide) groups is 1. The summed E-state index contributed by atoms with van der Waals surface area (Å²) < 4.78 is 10.2. The van der Waals surface area contributed by atoms with Crippen molar-refractivity contribution in [3.8, 4) is 0 Å². The highest BCUT2D eigenvalue weighted by Gasteiger charge is 2.77. The normalized spacial score (nSPS) is 33.8. The summed E-state index contributed by atoms with van der Waals surface area (Å²) in [6.07, 6.45) is 4.49. The Kier molecular flexibility index (Phi) is 9.04. The van der Waals surface area contributed by atoms with Crippen molar-refractivity contribution >= 4 is 29.5 Å². The summed E-state index contributed by atoms with van der Waals surface area (Å²) >= 11 is 1.62. The number of fused-ring (bicyclic) bond motifs is 1. The molecule has 10 heteroatoms. The molecule has 4 aliphatic heterocycles. The third-order valence-electron chi connectivity index (χ3n) is 8.56. The molecule has 3 unspecified atom stereocenters. The van der Waals surface area contributed by atoms with Crippen molar-refractivity contribution in [1.29, 1.82) is 0 Å². The van der Waals surface area contributed by atoms with Crippen molar-refractivity contribution in [2.45, 2.75) is 48.8 Å². The number of nitrogens with zero attached hydrogens (tertiary/aromatic N) is 3. The highest BCUT2D eigenvalue weighted by molar-refractivity contribution is 8.02. The molecule has 4 aliphatic rings. The first-order valence-corrected chi connectivity index (χ1v) is 14.3. The van der Waals surface area contributed by atoms with E-state index in [2.05, 4.69) is 25.0 Å². The van der Waals surface area contributed by atoms with Crippen LogP contribution in [0.2, 0.25) is 0 Å². The lowest BCUT2D eigenvalue weighted by atomic mass is 9.66. The van der Waals surface area contributed by atoms with E-state index in [1.54, 1.807) is 27.6 Å². The lowest BCUT2D eigenvalue weighted by molar-refractivity contribution is -0.154. The van der Waals surface area contributed by atoms with Crippen LogP contribution < -0.4 is 0 Å². The van der Waals surface area contributed by atoms with Gasteiger partial charge in [0.2, 0.25) is 11.8 Å². The van der Waals surface area contributed by atoms with Crippen molar-refractivity contribution in [2.24, 2.45) is 17.8 Å². The van der Waals surface area contributed by atoms with E-state index in [4.69, 9.17) is 9.47 Å². The zero-order valence-electron chi connectivity index (χ0n) is 22.0. The van der Waals surface area contributed by atoms with Crippen LogP contribution in [0, 0.1) is 17.8 Å². The molecule has 0 aliphatic carbocycles. The van der Waals surface area contributed by atoms with E-state index >= 15 is 0 Å². The molecule has 2 amide bonds. The highest BCUT2D eigenvalue weighted by atomic mass is 32.2. The molecule has 0 radical (unpaired) electrons. The van der Waals surface area contributed by atoms with Gasteiger partial charge in [-0.3, -0.25) is 19.3 Å². The molecular formula is C27H41N3O6S. The van der Waals surface area contributed by atoms with Crippen molar-refractivity contribution in [1.82, 2.24) is 14.7 Å². The highest BCUT2D eigenvalue weighted by Crippen LogP contribution is 2.69. The van der Waals surface area contributed by atoms with Crippen molar-refractivity contribution in [3.63, 3.8) is 0 Å². The van der Waals surface area contributed by atoms with Gasteiger partial charge >= 0.3 is 5.97 Å². The second kappa shape index (κ2) is 11.9. The summed E-state index contributed by atoms with van der Waals surface area (Å²) in [4.78, 5) is 47.4. The van der Waals surface area contributed by atoms with Gasteiger partial charge in [0.1, 0.15) is 12.6 Å². The Labute approximate surface area is 224 Å². The number of carbonyl (C=O) groups excluding carboxylic acids is 3. The quantitative estimate of drug-likeness (QED) is 0.294. The van der Waals surface area contributed by atoms with Gasteiger partial charge in [-0.1, -0.05) is 32.6 Å². The van der Waals surface area contributed by atoms with Crippen LogP contribution in [0.3, 0.4) is 0 Å². The number of morpholine rings is 1. The Bertz CT molecular complexity index is 891. The van der Waals surface area contributed by atoms with Crippen LogP contribution in [-0.4, -0.2) is 119 Å². The summed E-state index contributed by atoms with van der Waals surface area (Å²) in [5.41, 5.74) is 0. The molecule has 37 heavy (non-hydrogen) atoms. The first-order valence-electron chi connectivity index (χ1n) is 13.4. The average Bonchev–Trinajstić information content (AvgIpc) is 3.50. The lowest BCUT2D eigenvalue weighted by Crippen LogP contribution is -2.59. The van der Waals surface area contributed by atoms with Crippen LogP contribution in [-0.2, 0) is 23.9 Å². The van der Waals surface area contributed by atoms with E-state index in [0.717, 1.165) is 19.5 Å². The molecule has 0 aromatic heterocycles. The van der Waals surface area contributed by atoms with E-state index in [-0.39, 0.29) is 36.2 Å². The van der Waals surface area contributed by atoms with E-state index < -0.39 is 34.6 Å². The topological polar surface area (TPSA) is 99.6 Å². The Morgan fingerprint density at radius 3 is 2.68 bits per heavy atom. The van der Waals surface area contributed by atoms with Gasteiger partial charge in [-0.05, 0) is 18.8 Å². The van der Waals surface area contributed by atoms with Gasteiger partial charge in [0.05, 0.1) is 42.4 Å². The molecule has 4 saturated heterocycles. The predicted octanol–water partition coefficient (Wildman–Crippen LogP) is 1.17. The Morgan fingerprint density at radius 2 is 2.05 bits per heavy atom. The van der Waals surface area contributed by atoms with Gasteiger partial charge in [0.25, 0.3) is 0 Å². The van der Waals surface area contributed by atoms with E-state index in [1.165, 1.54) is 6.08 Å². The number of amides is 2. The summed E-state index contributed by atoms with van der Waals surface area (Å²) in [7, 11) is 0. The number of rotatable bonds is 12. The average molecular weight is 536 g/mol. The van der Waals surface area contributed by atoms with Gasteiger partial charge < -0.3 is 24.4 Å². The maximum Gasteiger partial charge on any atom is 0.311 e. The number of hydrogen-bond donors (Lipinski definition) is 1. The first-order chi connectivity index (χ1) is 17.8. The number of hydrogen-bond acceptors (Lipinski definition) is 8. The van der Waals surface area contributed by atoms with Crippen LogP contribution in [0.5, 0.6) is 0 Å². The molecule has 4 fully saturated rings. The van der Waals surface area contributed by atoms with Gasteiger partial charge in [-0.15, -0.1) is 18.3 Å². The minimum absolute atomic E-state index is 0.0554. The lowest BCUT2D eigenvalue weighted by Gasteiger charge is -2.42. The molecule has 0 aromatic rings. The molecule has 4 rings (SSSR count). The number of ether oxygens (including phenoxy) is 2. The third kappa shape index (κ3) is 4.86. The summed E-state index contributed by atoms with van der Waals surface area (Å²) in [6.45, 7) is 15.9. The molecule has 7 atom stereocenters. The van der Waals surface area contributed by atoms with Crippen molar-refractivity contribution in [2.75, 3.05) is 59.2 Å². The molecular weight excluding hydrogens is 494 g/mol. The zero-order chi connectivity index (χ0) is 26.7. The fraction of sp³-hybridized carbons (Fsp3) is 0.741. The Morgan fingerprint density at radius 1 is 1.32 bits per heavy atom. The largest absolute Gasteiger partial charge is 0.461 e. The molecule has 206 valence electrons. The monoisotopic (exact) mass is 535 g/mol. The smallest absolute Gasteiger partial charge is 0.311 e. The van der Waals surface area contributed by atoms with Crippen LogP contribution in [0.15, 0.2) is 25.3 Å². The predicted molar refractivity (Wildman–Crippen MR) is 142 cm³/mol. The molecule has 1 N–H and O–H groups in total. The van der Waals surface area contributed by atoms with Gasteiger partial charge in [0.15, 0.2) is 0 Å². The maximum atomic E-state index is 14.4. The molecule has 0 aromatic carbocycles. The zero-order valence-corrected chi connectivity index (χ0v) is 22.9. The number of carbonyl (C=O) groups is 3. The first kappa shape index (κ1) is 28.1. The number of aliphatic hydroxyl groups is 1. The summed E-state index contributed by atoms with van der Waals surface area (Å²) in [5, 5.41) is 10.2. The van der Waals surface area contributed by atoms with Crippen LogP contribution in [0.4, 0.5) is 0 Å². The van der Waals surface area contributed by atoms with Crippen LogP contribution >= 0.6 is 11.8 Å². The molecule has 0 saturated carbocycles. The van der Waals surface area contributed by atoms with Crippen LogP contribution in [0.25, 0.3) is 0 Å². The molecule has 2 bridgehead atoms.